The Morgan fingerprint density at radius 3 is 2.44 bits per heavy atom. The van der Waals surface area contributed by atoms with Gasteiger partial charge in [-0.05, 0) is 96.7 Å². The van der Waals surface area contributed by atoms with Crippen LogP contribution in [0.1, 0.15) is 76.2 Å². The molecule has 17 heteroatoms. The number of rotatable bonds is 5. The van der Waals surface area contributed by atoms with E-state index in [1.807, 2.05) is 46.8 Å². The standard InChI is InChI=1S/C38H48F3N7O7/c1-23(54-36(2,3)4)44-29-15-17-42-31(49)28-14-11-26-20-30(28)52-18-7-8-25(37(5,6)55-32(29)50)16-19-51-27-12-9-24(10-13-27)21-43-33-46-34(45-26)48-35(47-33)53-22-38(39,40)41/h9-14,20,25,29,44H,1,7-8,15-19,21-22H2,2-6H3,(H,42,49)(H2,43,45,46,47,48)/t25?,29-/m0/s1. The van der Waals surface area contributed by atoms with Crippen LogP contribution in [0.15, 0.2) is 54.9 Å². The fraction of sp³-hybridized carbons (Fsp3) is 0.500. The number of esters is 1. The molecule has 0 fully saturated rings. The van der Waals surface area contributed by atoms with Crippen molar-refractivity contribution in [3.8, 4) is 17.5 Å². The van der Waals surface area contributed by atoms with Crippen LogP contribution in [0.25, 0.3) is 0 Å². The zero-order chi connectivity index (χ0) is 39.8. The van der Waals surface area contributed by atoms with Gasteiger partial charge in [0.2, 0.25) is 11.9 Å². The summed E-state index contributed by atoms with van der Waals surface area (Å²) in [7, 11) is 0. The van der Waals surface area contributed by atoms with Crippen molar-refractivity contribution in [1.29, 1.82) is 0 Å². The molecule has 0 saturated heterocycles. The van der Waals surface area contributed by atoms with Gasteiger partial charge < -0.3 is 45.0 Å². The van der Waals surface area contributed by atoms with Gasteiger partial charge in [-0.3, -0.25) is 4.79 Å². The molecule has 0 aliphatic carbocycles. The highest BCUT2D eigenvalue weighted by Crippen LogP contribution is 2.32. The quantitative estimate of drug-likeness (QED) is 0.166. The van der Waals surface area contributed by atoms with Crippen molar-refractivity contribution < 1.29 is 46.4 Å². The molecule has 0 radical (unpaired) electrons. The Balaban J connectivity index is 1.51. The van der Waals surface area contributed by atoms with Crippen molar-refractivity contribution >= 4 is 29.5 Å². The minimum Gasteiger partial charge on any atom is -0.494 e. The number of halogens is 3. The SMILES string of the molecule is C=C(N[C@H]1CCNC(=O)c2ccc3cc2OCCCC(CCOc2ccc(cc2)CNc2nc(nc(OCC(F)(F)F)n2)N3)C(C)(C)OC1=O)OC(C)(C)C. The first kappa shape index (κ1) is 40.7. The van der Waals surface area contributed by atoms with Gasteiger partial charge in [-0.1, -0.05) is 12.1 Å². The lowest BCUT2D eigenvalue weighted by Crippen LogP contribution is -2.46. The third-order valence-electron chi connectivity index (χ3n) is 8.64. The van der Waals surface area contributed by atoms with Crippen LogP contribution in [-0.4, -0.2) is 76.6 Å². The zero-order valence-corrected chi connectivity index (χ0v) is 31.6. The number of alkyl halides is 3. The Bertz CT molecular complexity index is 1820. The molecule has 1 aromatic heterocycles. The summed E-state index contributed by atoms with van der Waals surface area (Å²) in [6, 6.07) is 10.5. The van der Waals surface area contributed by atoms with E-state index in [4.69, 9.17) is 23.7 Å². The summed E-state index contributed by atoms with van der Waals surface area (Å²) in [6.07, 6.45) is -2.82. The van der Waals surface area contributed by atoms with Crippen LogP contribution >= 0.6 is 0 Å². The molecule has 14 nitrogen and oxygen atoms in total. The summed E-state index contributed by atoms with van der Waals surface area (Å²) >= 11 is 0. The number of fused-ring (bicyclic) bond motifs is 5. The topological polar surface area (TPSA) is 167 Å². The molecule has 3 aliphatic rings. The van der Waals surface area contributed by atoms with E-state index in [0.29, 0.717) is 37.3 Å². The molecule has 4 N–H and O–H groups in total. The Hall–Kier alpha value is -5.48. The van der Waals surface area contributed by atoms with Gasteiger partial charge in [0.25, 0.3) is 5.91 Å². The third-order valence-corrected chi connectivity index (χ3v) is 8.64. The van der Waals surface area contributed by atoms with E-state index < -0.39 is 47.9 Å². The largest absolute Gasteiger partial charge is 0.494 e. The average molecular weight is 772 g/mol. The first-order valence-corrected chi connectivity index (χ1v) is 18.0. The molecule has 0 saturated carbocycles. The van der Waals surface area contributed by atoms with E-state index in [9.17, 15) is 22.8 Å². The van der Waals surface area contributed by atoms with Gasteiger partial charge in [-0.15, -0.1) is 0 Å². The predicted molar refractivity (Wildman–Crippen MR) is 197 cm³/mol. The van der Waals surface area contributed by atoms with E-state index in [1.54, 1.807) is 24.3 Å². The van der Waals surface area contributed by atoms with Gasteiger partial charge in [0.05, 0.1) is 18.8 Å². The molecule has 6 rings (SSSR count). The molecule has 0 spiro atoms. The number of cyclic esters (lactones) is 1. The fourth-order valence-electron chi connectivity index (χ4n) is 5.97. The van der Waals surface area contributed by atoms with E-state index in [-0.39, 0.29) is 61.1 Å². The van der Waals surface area contributed by atoms with E-state index in [0.717, 1.165) is 5.56 Å². The maximum atomic E-state index is 13.8. The second-order valence-corrected chi connectivity index (χ2v) is 14.7. The summed E-state index contributed by atoms with van der Waals surface area (Å²) < 4.78 is 68.3. The van der Waals surface area contributed by atoms with Crippen molar-refractivity contribution in [1.82, 2.24) is 25.6 Å². The molecule has 1 unspecified atom stereocenters. The number of ether oxygens (including phenoxy) is 5. The van der Waals surface area contributed by atoms with E-state index in [1.165, 1.54) is 6.07 Å². The summed E-state index contributed by atoms with van der Waals surface area (Å²) in [5, 5.41) is 11.9. The van der Waals surface area contributed by atoms with Crippen molar-refractivity contribution in [2.45, 2.75) is 90.3 Å². The number of hydrogen-bond donors (Lipinski definition) is 4. The number of nitrogens with zero attached hydrogens (tertiary/aromatic N) is 3. The summed E-state index contributed by atoms with van der Waals surface area (Å²) in [6.45, 7) is 12.5. The molecule has 2 atom stereocenters. The van der Waals surface area contributed by atoms with Crippen LogP contribution in [-0.2, 0) is 20.8 Å². The van der Waals surface area contributed by atoms with Gasteiger partial charge in [0.1, 0.15) is 28.7 Å². The Labute approximate surface area is 317 Å². The van der Waals surface area contributed by atoms with Crippen molar-refractivity contribution in [3.63, 3.8) is 0 Å². The van der Waals surface area contributed by atoms with Gasteiger partial charge in [0.15, 0.2) is 12.5 Å². The van der Waals surface area contributed by atoms with Gasteiger partial charge in [0, 0.05) is 30.8 Å². The summed E-state index contributed by atoms with van der Waals surface area (Å²) in [5.74, 6) is -0.258. The number of aromatic nitrogens is 3. The van der Waals surface area contributed by atoms with Crippen molar-refractivity contribution in [2.24, 2.45) is 5.92 Å². The molecule has 298 valence electrons. The maximum absolute atomic E-state index is 13.8. The van der Waals surface area contributed by atoms with Gasteiger partial charge in [-0.2, -0.15) is 28.1 Å². The van der Waals surface area contributed by atoms with Crippen LogP contribution in [0.5, 0.6) is 17.5 Å². The molecular weight excluding hydrogens is 723 g/mol. The molecule has 3 aliphatic heterocycles. The molecule has 7 bridgehead atoms. The highest BCUT2D eigenvalue weighted by Gasteiger charge is 2.36. The smallest absolute Gasteiger partial charge is 0.422 e. The van der Waals surface area contributed by atoms with Crippen LogP contribution in [0.2, 0.25) is 0 Å². The summed E-state index contributed by atoms with van der Waals surface area (Å²) in [4.78, 5) is 39.7. The first-order chi connectivity index (χ1) is 25.9. The lowest BCUT2D eigenvalue weighted by Gasteiger charge is -2.36. The molecule has 1 amide bonds. The molecule has 4 heterocycles. The highest BCUT2D eigenvalue weighted by atomic mass is 19.4. The highest BCUT2D eigenvalue weighted by molar-refractivity contribution is 5.97. The van der Waals surface area contributed by atoms with Crippen LogP contribution < -0.4 is 35.5 Å². The number of nitrogens with one attached hydrogen (secondary N) is 4. The zero-order valence-electron chi connectivity index (χ0n) is 31.6. The maximum Gasteiger partial charge on any atom is 0.422 e. The number of amides is 1. The predicted octanol–water partition coefficient (Wildman–Crippen LogP) is 6.43. The van der Waals surface area contributed by atoms with Gasteiger partial charge >= 0.3 is 18.2 Å². The Kier molecular flexibility index (Phi) is 12.8. The van der Waals surface area contributed by atoms with Crippen LogP contribution in [0.3, 0.4) is 0 Å². The minimum atomic E-state index is -4.62. The molecule has 3 aromatic rings. The van der Waals surface area contributed by atoms with Crippen molar-refractivity contribution in [3.05, 3.63) is 66.1 Å². The first-order valence-electron chi connectivity index (χ1n) is 18.0. The summed E-state index contributed by atoms with van der Waals surface area (Å²) in [5.41, 5.74) is -0.101. The molecule has 2 aromatic carbocycles. The fourth-order valence-corrected chi connectivity index (χ4v) is 5.97. The number of benzene rings is 2. The third kappa shape index (κ3) is 12.5. The molecule has 55 heavy (non-hydrogen) atoms. The second kappa shape index (κ2) is 17.3. The minimum absolute atomic E-state index is 0.0366. The average Bonchev–Trinajstić information content (AvgIpc) is 3.09. The molecular formula is C38H48F3N7O7. The number of hydrogen-bond acceptors (Lipinski definition) is 13. The van der Waals surface area contributed by atoms with E-state index >= 15 is 0 Å². The number of anilines is 3. The lowest BCUT2D eigenvalue weighted by atomic mass is 9.84. The van der Waals surface area contributed by atoms with Crippen LogP contribution in [0.4, 0.5) is 30.8 Å². The second-order valence-electron chi connectivity index (χ2n) is 14.7. The number of carbonyl (C=O) groups excluding carboxylic acids is 2. The Morgan fingerprint density at radius 1 is 0.964 bits per heavy atom. The monoisotopic (exact) mass is 771 g/mol. The van der Waals surface area contributed by atoms with Gasteiger partial charge in [-0.25, -0.2) is 4.79 Å². The Morgan fingerprint density at radius 2 is 1.71 bits per heavy atom. The van der Waals surface area contributed by atoms with Crippen LogP contribution in [0, 0.1) is 5.92 Å². The van der Waals surface area contributed by atoms with Crippen molar-refractivity contribution in [2.75, 3.05) is 37.0 Å². The lowest BCUT2D eigenvalue weighted by molar-refractivity contribution is -0.166. The number of carbonyl (C=O) groups is 2. The van der Waals surface area contributed by atoms with E-state index in [2.05, 4.69) is 42.8 Å². The normalized spacial score (nSPS) is 19.6.